The van der Waals surface area contributed by atoms with Crippen LogP contribution in [0.3, 0.4) is 0 Å². The molecule has 105 valence electrons. The minimum atomic E-state index is 0.450. The van der Waals surface area contributed by atoms with E-state index in [0.717, 1.165) is 22.4 Å². The van der Waals surface area contributed by atoms with Crippen molar-refractivity contribution in [3.63, 3.8) is 0 Å². The zero-order chi connectivity index (χ0) is 15.2. The van der Waals surface area contributed by atoms with E-state index in [2.05, 4.69) is 24.3 Å². The first kappa shape index (κ1) is 13.9. The SMILES string of the molecule is N#Cc1ccc(COc2[c]cccc2-c2ccccc2)cc1. The standard InChI is InChI=1S/C20H14NO/c21-14-16-10-12-17(13-11-16)15-22-20-9-5-4-8-19(20)18-6-2-1-3-7-18/h1-8,10-13H,15H2. The number of para-hydroxylation sites is 1. The van der Waals surface area contributed by atoms with Crippen molar-refractivity contribution in [1.82, 2.24) is 0 Å². The van der Waals surface area contributed by atoms with E-state index in [9.17, 15) is 0 Å². The third-order valence-electron chi connectivity index (χ3n) is 3.37. The second-order valence-corrected chi connectivity index (χ2v) is 4.88. The summed E-state index contributed by atoms with van der Waals surface area (Å²) in [7, 11) is 0. The number of benzene rings is 3. The molecule has 2 heteroatoms. The van der Waals surface area contributed by atoms with Crippen molar-refractivity contribution in [3.05, 3.63) is 90.0 Å². The minimum Gasteiger partial charge on any atom is -0.488 e. The fourth-order valence-corrected chi connectivity index (χ4v) is 2.22. The Morgan fingerprint density at radius 1 is 0.909 bits per heavy atom. The van der Waals surface area contributed by atoms with Gasteiger partial charge >= 0.3 is 0 Å². The van der Waals surface area contributed by atoms with E-state index in [1.165, 1.54) is 0 Å². The van der Waals surface area contributed by atoms with Crippen molar-refractivity contribution in [3.8, 4) is 22.9 Å². The Morgan fingerprint density at radius 2 is 1.68 bits per heavy atom. The molecule has 0 spiro atoms. The maximum atomic E-state index is 8.81. The number of hydrogen-bond donors (Lipinski definition) is 0. The number of ether oxygens (including phenoxy) is 1. The molecule has 0 aromatic heterocycles. The van der Waals surface area contributed by atoms with Gasteiger partial charge in [0.1, 0.15) is 12.4 Å². The van der Waals surface area contributed by atoms with Gasteiger partial charge in [-0.05, 0) is 23.3 Å². The summed E-state index contributed by atoms with van der Waals surface area (Å²) in [6.07, 6.45) is 0. The molecule has 0 saturated carbocycles. The second-order valence-electron chi connectivity index (χ2n) is 4.88. The summed E-state index contributed by atoms with van der Waals surface area (Å²) < 4.78 is 5.91. The Labute approximate surface area is 130 Å². The Morgan fingerprint density at radius 3 is 2.41 bits per heavy atom. The van der Waals surface area contributed by atoms with Crippen LogP contribution >= 0.6 is 0 Å². The van der Waals surface area contributed by atoms with Crippen LogP contribution in [0.4, 0.5) is 0 Å². The molecule has 0 fully saturated rings. The van der Waals surface area contributed by atoms with E-state index in [1.54, 1.807) is 12.1 Å². The fourth-order valence-electron chi connectivity index (χ4n) is 2.22. The molecule has 22 heavy (non-hydrogen) atoms. The molecule has 0 bridgehead atoms. The third kappa shape index (κ3) is 3.16. The summed E-state index contributed by atoms with van der Waals surface area (Å²) in [5, 5.41) is 8.81. The van der Waals surface area contributed by atoms with Crippen LogP contribution in [0.15, 0.2) is 72.8 Å². The van der Waals surface area contributed by atoms with E-state index >= 15 is 0 Å². The Bertz CT molecular complexity index is 786. The lowest BCUT2D eigenvalue weighted by atomic mass is 10.0. The zero-order valence-electron chi connectivity index (χ0n) is 12.0. The van der Waals surface area contributed by atoms with E-state index < -0.39 is 0 Å². The molecule has 1 radical (unpaired) electrons. The van der Waals surface area contributed by atoms with Crippen LogP contribution in [0, 0.1) is 17.4 Å². The van der Waals surface area contributed by atoms with Crippen LogP contribution in [0.5, 0.6) is 5.75 Å². The van der Waals surface area contributed by atoms with E-state index in [0.29, 0.717) is 12.2 Å². The first-order valence-electron chi connectivity index (χ1n) is 7.05. The fraction of sp³-hybridized carbons (Fsp3) is 0.0500. The third-order valence-corrected chi connectivity index (χ3v) is 3.37. The lowest BCUT2D eigenvalue weighted by Gasteiger charge is -2.11. The Kier molecular flexibility index (Phi) is 4.17. The van der Waals surface area contributed by atoms with Crippen LogP contribution in [-0.4, -0.2) is 0 Å². The zero-order valence-corrected chi connectivity index (χ0v) is 12.0. The Hall–Kier alpha value is -3.05. The maximum Gasteiger partial charge on any atom is 0.135 e. The summed E-state index contributed by atoms with van der Waals surface area (Å²) in [5.74, 6) is 0.734. The number of rotatable bonds is 4. The van der Waals surface area contributed by atoms with Gasteiger partial charge in [0.05, 0.1) is 11.6 Å². The normalized spacial score (nSPS) is 9.95. The van der Waals surface area contributed by atoms with Crippen molar-refractivity contribution < 1.29 is 4.74 Å². The largest absolute Gasteiger partial charge is 0.488 e. The van der Waals surface area contributed by atoms with Gasteiger partial charge in [-0.25, -0.2) is 0 Å². The average Bonchev–Trinajstić information content (AvgIpc) is 2.61. The molecular weight excluding hydrogens is 270 g/mol. The van der Waals surface area contributed by atoms with Crippen molar-refractivity contribution in [2.45, 2.75) is 6.61 Å². The molecule has 0 saturated heterocycles. The van der Waals surface area contributed by atoms with Gasteiger partial charge in [-0.2, -0.15) is 5.26 Å². The van der Waals surface area contributed by atoms with Crippen molar-refractivity contribution in [2.24, 2.45) is 0 Å². The Balaban J connectivity index is 1.79. The molecule has 0 atom stereocenters. The molecule has 2 nitrogen and oxygen atoms in total. The number of nitrogens with zero attached hydrogens (tertiary/aromatic N) is 1. The van der Waals surface area contributed by atoms with Crippen molar-refractivity contribution in [2.75, 3.05) is 0 Å². The topological polar surface area (TPSA) is 33.0 Å². The summed E-state index contributed by atoms with van der Waals surface area (Å²) >= 11 is 0. The van der Waals surface area contributed by atoms with Crippen LogP contribution in [-0.2, 0) is 6.61 Å². The molecule has 0 heterocycles. The first-order chi connectivity index (χ1) is 10.9. The number of hydrogen-bond acceptors (Lipinski definition) is 2. The lowest BCUT2D eigenvalue weighted by Crippen LogP contribution is -1.97. The highest BCUT2D eigenvalue weighted by Crippen LogP contribution is 2.29. The minimum absolute atomic E-state index is 0.450. The highest BCUT2D eigenvalue weighted by atomic mass is 16.5. The van der Waals surface area contributed by atoms with Gasteiger partial charge in [0, 0.05) is 11.6 Å². The number of nitriles is 1. The summed E-state index contributed by atoms with van der Waals surface area (Å²) in [6, 6.07) is 28.6. The van der Waals surface area contributed by atoms with Gasteiger partial charge in [-0.3, -0.25) is 0 Å². The van der Waals surface area contributed by atoms with Crippen LogP contribution in [0.2, 0.25) is 0 Å². The molecule has 0 aliphatic heterocycles. The molecule has 0 aliphatic carbocycles. The van der Waals surface area contributed by atoms with Gasteiger partial charge in [0.25, 0.3) is 0 Å². The molecule has 0 unspecified atom stereocenters. The molecule has 3 rings (SSSR count). The van der Waals surface area contributed by atoms with Crippen molar-refractivity contribution >= 4 is 0 Å². The van der Waals surface area contributed by atoms with E-state index in [4.69, 9.17) is 10.00 Å². The van der Waals surface area contributed by atoms with Gasteiger partial charge in [0.2, 0.25) is 0 Å². The molecule has 0 N–H and O–H groups in total. The quantitative estimate of drug-likeness (QED) is 0.701. The van der Waals surface area contributed by atoms with E-state index in [-0.39, 0.29) is 0 Å². The highest BCUT2D eigenvalue weighted by Gasteiger charge is 2.06. The smallest absolute Gasteiger partial charge is 0.135 e. The highest BCUT2D eigenvalue weighted by molar-refractivity contribution is 5.69. The molecule has 3 aromatic rings. The van der Waals surface area contributed by atoms with Crippen LogP contribution in [0.1, 0.15) is 11.1 Å². The monoisotopic (exact) mass is 284 g/mol. The molecule has 0 amide bonds. The second kappa shape index (κ2) is 6.60. The van der Waals surface area contributed by atoms with Crippen LogP contribution in [0.25, 0.3) is 11.1 Å². The summed E-state index contributed by atoms with van der Waals surface area (Å²) in [4.78, 5) is 0. The maximum absolute atomic E-state index is 8.81. The summed E-state index contributed by atoms with van der Waals surface area (Å²) in [6.45, 7) is 0.450. The predicted octanol–water partition coefficient (Wildman–Crippen LogP) is 4.60. The molecular formula is C20H14NO. The molecule has 3 aromatic carbocycles. The van der Waals surface area contributed by atoms with Crippen LogP contribution < -0.4 is 4.74 Å². The van der Waals surface area contributed by atoms with E-state index in [1.807, 2.05) is 48.5 Å². The van der Waals surface area contributed by atoms with Gasteiger partial charge in [0.15, 0.2) is 0 Å². The van der Waals surface area contributed by atoms with Gasteiger partial charge in [-0.1, -0.05) is 60.7 Å². The predicted molar refractivity (Wildman–Crippen MR) is 86.2 cm³/mol. The summed E-state index contributed by atoms with van der Waals surface area (Å²) in [5.41, 5.74) is 3.81. The molecule has 0 aliphatic rings. The van der Waals surface area contributed by atoms with Crippen molar-refractivity contribution in [1.29, 1.82) is 5.26 Å². The van der Waals surface area contributed by atoms with Gasteiger partial charge < -0.3 is 4.74 Å². The lowest BCUT2D eigenvalue weighted by molar-refractivity contribution is 0.307. The average molecular weight is 284 g/mol. The first-order valence-corrected chi connectivity index (χ1v) is 7.05. The van der Waals surface area contributed by atoms with Gasteiger partial charge in [-0.15, -0.1) is 0 Å².